The Balaban J connectivity index is 1.51. The third kappa shape index (κ3) is 4.37. The van der Waals surface area contributed by atoms with Gasteiger partial charge in [-0.1, -0.05) is 19.1 Å². The Morgan fingerprint density at radius 2 is 1.72 bits per heavy atom. The van der Waals surface area contributed by atoms with Crippen molar-refractivity contribution in [2.45, 2.75) is 12.8 Å². The summed E-state index contributed by atoms with van der Waals surface area (Å²) in [7, 11) is 1.69. The van der Waals surface area contributed by atoms with Crippen molar-refractivity contribution in [2.75, 3.05) is 39.8 Å². The molecule has 0 aliphatic carbocycles. The van der Waals surface area contributed by atoms with E-state index in [4.69, 9.17) is 4.74 Å². The molecule has 0 bridgehead atoms. The van der Waals surface area contributed by atoms with Crippen LogP contribution in [0.5, 0.6) is 5.75 Å². The summed E-state index contributed by atoms with van der Waals surface area (Å²) in [5, 5.41) is 0. The summed E-state index contributed by atoms with van der Waals surface area (Å²) in [5.74, 6) is 1.44. The van der Waals surface area contributed by atoms with Crippen LogP contribution >= 0.6 is 0 Å². The number of pyridine rings is 1. The van der Waals surface area contributed by atoms with Crippen molar-refractivity contribution in [3.05, 3.63) is 59.9 Å². The molecule has 1 amide bonds. The standard InChI is InChI=1S/C20H25N3O2/c1-16(17-3-5-19(25-2)6-4-17)15-22-11-13-23(14-12-22)20(24)18-7-9-21-10-8-18/h3-10,16H,11-15H2,1-2H3. The van der Waals surface area contributed by atoms with Gasteiger partial charge >= 0.3 is 0 Å². The normalized spacial score (nSPS) is 16.5. The number of carbonyl (C=O) groups is 1. The summed E-state index contributed by atoms with van der Waals surface area (Å²) in [5.41, 5.74) is 2.03. The lowest BCUT2D eigenvalue weighted by Crippen LogP contribution is -2.49. The fourth-order valence-electron chi connectivity index (χ4n) is 3.24. The van der Waals surface area contributed by atoms with Gasteiger partial charge in [-0.15, -0.1) is 0 Å². The predicted molar refractivity (Wildman–Crippen MR) is 98.0 cm³/mol. The number of ether oxygens (including phenoxy) is 1. The number of rotatable bonds is 5. The molecule has 5 nitrogen and oxygen atoms in total. The first kappa shape index (κ1) is 17.4. The minimum Gasteiger partial charge on any atom is -0.497 e. The second kappa shape index (κ2) is 8.12. The topological polar surface area (TPSA) is 45.7 Å². The minimum absolute atomic E-state index is 0.102. The molecule has 3 rings (SSSR count). The van der Waals surface area contributed by atoms with E-state index in [0.29, 0.717) is 5.92 Å². The Kier molecular flexibility index (Phi) is 5.66. The number of nitrogens with zero attached hydrogens (tertiary/aromatic N) is 3. The van der Waals surface area contributed by atoms with Gasteiger partial charge in [0.05, 0.1) is 7.11 Å². The van der Waals surface area contributed by atoms with Crippen LogP contribution in [-0.4, -0.2) is 60.5 Å². The average molecular weight is 339 g/mol. The number of piperazine rings is 1. The lowest BCUT2D eigenvalue weighted by Gasteiger charge is -2.36. The highest BCUT2D eigenvalue weighted by atomic mass is 16.5. The van der Waals surface area contributed by atoms with E-state index in [9.17, 15) is 4.79 Å². The Bertz CT molecular complexity index is 680. The number of carbonyl (C=O) groups excluding carboxylic acids is 1. The molecule has 0 N–H and O–H groups in total. The van der Waals surface area contributed by atoms with Gasteiger partial charge < -0.3 is 9.64 Å². The monoisotopic (exact) mass is 339 g/mol. The molecule has 0 saturated carbocycles. The molecule has 1 unspecified atom stereocenters. The first-order valence-corrected chi connectivity index (χ1v) is 8.73. The summed E-state index contributed by atoms with van der Waals surface area (Å²) < 4.78 is 5.22. The van der Waals surface area contributed by atoms with Crippen molar-refractivity contribution in [1.29, 1.82) is 0 Å². The van der Waals surface area contributed by atoms with Gasteiger partial charge in [-0.3, -0.25) is 14.7 Å². The summed E-state index contributed by atoms with van der Waals surface area (Å²) in [6, 6.07) is 11.8. The molecule has 1 aliphatic heterocycles. The molecule has 2 aromatic rings. The molecule has 1 fully saturated rings. The Labute approximate surface area is 149 Å². The van der Waals surface area contributed by atoms with E-state index >= 15 is 0 Å². The van der Waals surface area contributed by atoms with Gasteiger partial charge in [0.15, 0.2) is 0 Å². The van der Waals surface area contributed by atoms with Crippen molar-refractivity contribution in [3.63, 3.8) is 0 Å². The highest BCUT2D eigenvalue weighted by Crippen LogP contribution is 2.21. The van der Waals surface area contributed by atoms with Crippen LogP contribution in [0.15, 0.2) is 48.8 Å². The molecule has 1 aromatic carbocycles. The molecule has 1 aromatic heterocycles. The molecular weight excluding hydrogens is 314 g/mol. The molecule has 25 heavy (non-hydrogen) atoms. The highest BCUT2D eigenvalue weighted by Gasteiger charge is 2.23. The average Bonchev–Trinajstić information content (AvgIpc) is 2.68. The second-order valence-corrected chi connectivity index (χ2v) is 6.50. The quantitative estimate of drug-likeness (QED) is 0.840. The molecule has 132 valence electrons. The van der Waals surface area contributed by atoms with Gasteiger partial charge in [-0.2, -0.15) is 0 Å². The Hall–Kier alpha value is -2.40. The van der Waals surface area contributed by atoms with Crippen molar-refractivity contribution in [1.82, 2.24) is 14.8 Å². The van der Waals surface area contributed by atoms with E-state index in [2.05, 4.69) is 28.9 Å². The van der Waals surface area contributed by atoms with Crippen molar-refractivity contribution in [3.8, 4) is 5.75 Å². The zero-order valence-corrected chi connectivity index (χ0v) is 14.9. The van der Waals surface area contributed by atoms with Gasteiger partial charge in [0.25, 0.3) is 5.91 Å². The van der Waals surface area contributed by atoms with E-state index in [0.717, 1.165) is 44.0 Å². The first-order chi connectivity index (χ1) is 12.2. The van der Waals surface area contributed by atoms with Crippen LogP contribution in [0.2, 0.25) is 0 Å². The fourth-order valence-corrected chi connectivity index (χ4v) is 3.24. The fraction of sp³-hybridized carbons (Fsp3) is 0.400. The first-order valence-electron chi connectivity index (χ1n) is 8.73. The largest absolute Gasteiger partial charge is 0.497 e. The van der Waals surface area contributed by atoms with Crippen LogP contribution in [0.4, 0.5) is 0 Å². The van der Waals surface area contributed by atoms with Crippen LogP contribution in [0.1, 0.15) is 28.8 Å². The smallest absolute Gasteiger partial charge is 0.254 e. The van der Waals surface area contributed by atoms with Crippen LogP contribution < -0.4 is 4.74 Å². The van der Waals surface area contributed by atoms with Gasteiger partial charge in [-0.05, 0) is 35.7 Å². The molecule has 0 spiro atoms. The van der Waals surface area contributed by atoms with Crippen molar-refractivity contribution >= 4 is 5.91 Å². The van der Waals surface area contributed by atoms with Gasteiger partial charge in [0.2, 0.25) is 0 Å². The molecule has 0 radical (unpaired) electrons. The lowest BCUT2D eigenvalue weighted by atomic mass is 10.00. The van der Waals surface area contributed by atoms with Crippen LogP contribution in [0, 0.1) is 0 Å². The van der Waals surface area contributed by atoms with Gasteiger partial charge in [-0.25, -0.2) is 0 Å². The maximum Gasteiger partial charge on any atom is 0.254 e. The number of amides is 1. The van der Waals surface area contributed by atoms with Crippen LogP contribution in [0.3, 0.4) is 0 Å². The van der Waals surface area contributed by atoms with E-state index in [1.54, 1.807) is 31.6 Å². The molecule has 1 saturated heterocycles. The minimum atomic E-state index is 0.102. The van der Waals surface area contributed by atoms with Gasteiger partial charge in [0, 0.05) is 50.7 Å². The summed E-state index contributed by atoms with van der Waals surface area (Å²) in [4.78, 5) is 20.8. The molecule has 5 heteroatoms. The maximum absolute atomic E-state index is 12.5. The third-order valence-electron chi connectivity index (χ3n) is 4.80. The van der Waals surface area contributed by atoms with Crippen LogP contribution in [0.25, 0.3) is 0 Å². The molecule has 1 aliphatic rings. The lowest BCUT2D eigenvalue weighted by molar-refractivity contribution is 0.0631. The zero-order valence-electron chi connectivity index (χ0n) is 14.9. The molecule has 2 heterocycles. The molecular formula is C20H25N3O2. The van der Waals surface area contributed by atoms with E-state index in [-0.39, 0.29) is 5.91 Å². The number of hydrogen-bond donors (Lipinski definition) is 0. The van der Waals surface area contributed by atoms with E-state index in [1.165, 1.54) is 5.56 Å². The third-order valence-corrected chi connectivity index (χ3v) is 4.80. The second-order valence-electron chi connectivity index (χ2n) is 6.50. The summed E-state index contributed by atoms with van der Waals surface area (Å²) in [6.07, 6.45) is 3.33. The van der Waals surface area contributed by atoms with Crippen molar-refractivity contribution in [2.24, 2.45) is 0 Å². The highest BCUT2D eigenvalue weighted by molar-refractivity contribution is 5.94. The molecule has 1 atom stereocenters. The summed E-state index contributed by atoms with van der Waals surface area (Å²) >= 11 is 0. The van der Waals surface area contributed by atoms with Crippen LogP contribution in [-0.2, 0) is 0 Å². The predicted octanol–water partition coefficient (Wildman–Crippen LogP) is 2.65. The van der Waals surface area contributed by atoms with E-state index < -0.39 is 0 Å². The Morgan fingerprint density at radius 3 is 2.32 bits per heavy atom. The number of benzene rings is 1. The van der Waals surface area contributed by atoms with E-state index in [1.807, 2.05) is 17.0 Å². The number of aromatic nitrogens is 1. The number of hydrogen-bond acceptors (Lipinski definition) is 4. The maximum atomic E-state index is 12.5. The van der Waals surface area contributed by atoms with Gasteiger partial charge in [0.1, 0.15) is 5.75 Å². The summed E-state index contributed by atoms with van der Waals surface area (Å²) in [6.45, 7) is 6.63. The zero-order chi connectivity index (χ0) is 17.6. The van der Waals surface area contributed by atoms with Crippen molar-refractivity contribution < 1.29 is 9.53 Å². The SMILES string of the molecule is COc1ccc(C(C)CN2CCN(C(=O)c3ccncc3)CC2)cc1. The Morgan fingerprint density at radius 1 is 1.08 bits per heavy atom. The number of methoxy groups -OCH3 is 1.